The molecule has 1 saturated heterocycles. The Morgan fingerprint density at radius 2 is 1.85 bits per heavy atom. The highest BCUT2D eigenvalue weighted by Crippen LogP contribution is 2.46. The van der Waals surface area contributed by atoms with Gasteiger partial charge in [-0.2, -0.15) is 0 Å². The normalized spacial score (nSPS) is 48.5. The van der Waals surface area contributed by atoms with Gasteiger partial charge in [0.05, 0.1) is 0 Å². The predicted octanol–water partition coefficient (Wildman–Crippen LogP) is 1.70. The Morgan fingerprint density at radius 3 is 2.69 bits per heavy atom. The van der Waals surface area contributed by atoms with E-state index in [-0.39, 0.29) is 0 Å². The van der Waals surface area contributed by atoms with Crippen LogP contribution in [0.2, 0.25) is 0 Å². The van der Waals surface area contributed by atoms with Gasteiger partial charge in [-0.25, -0.2) is 0 Å². The van der Waals surface area contributed by atoms with Gasteiger partial charge in [0.1, 0.15) is 0 Å². The van der Waals surface area contributed by atoms with Crippen molar-refractivity contribution in [2.45, 2.75) is 44.6 Å². The molecule has 1 aliphatic heterocycles. The third-order valence-corrected chi connectivity index (χ3v) is 4.34. The van der Waals surface area contributed by atoms with Crippen LogP contribution in [0.15, 0.2) is 0 Å². The Bertz CT molecular complexity index is 216. The molecule has 0 aromatic heterocycles. The molecule has 0 aromatic rings. The number of rotatable bonds is 0. The lowest BCUT2D eigenvalue weighted by Crippen LogP contribution is -2.37. The maximum atomic E-state index is 11.2. The van der Waals surface area contributed by atoms with E-state index in [9.17, 15) is 4.79 Å². The van der Waals surface area contributed by atoms with Crippen molar-refractivity contribution in [1.29, 1.82) is 0 Å². The molecule has 0 spiro atoms. The standard InChI is InChI=1S/C11H17NO/c13-11-6-9-4-7-2-1-3-8(7)5-10(9)12-11/h7-10H,1-6H2,(H,12,13). The topological polar surface area (TPSA) is 29.1 Å². The molecule has 4 atom stereocenters. The third-order valence-electron chi connectivity index (χ3n) is 4.34. The van der Waals surface area contributed by atoms with Gasteiger partial charge >= 0.3 is 0 Å². The number of fused-ring (bicyclic) bond motifs is 2. The van der Waals surface area contributed by atoms with Gasteiger partial charge in [-0.3, -0.25) is 4.79 Å². The highest BCUT2D eigenvalue weighted by atomic mass is 16.2. The fourth-order valence-corrected chi connectivity index (χ4v) is 3.71. The molecule has 3 fully saturated rings. The van der Waals surface area contributed by atoms with E-state index in [0.717, 1.165) is 18.3 Å². The van der Waals surface area contributed by atoms with Crippen LogP contribution in [0.1, 0.15) is 38.5 Å². The molecular weight excluding hydrogens is 162 g/mol. The van der Waals surface area contributed by atoms with E-state index in [1.807, 2.05) is 0 Å². The Kier molecular flexibility index (Phi) is 1.64. The van der Waals surface area contributed by atoms with E-state index >= 15 is 0 Å². The zero-order valence-corrected chi connectivity index (χ0v) is 7.96. The van der Waals surface area contributed by atoms with Gasteiger partial charge in [-0.15, -0.1) is 0 Å². The predicted molar refractivity (Wildman–Crippen MR) is 50.1 cm³/mol. The number of carbonyl (C=O) groups is 1. The van der Waals surface area contributed by atoms with E-state index in [0.29, 0.717) is 17.9 Å². The molecule has 3 rings (SSSR count). The monoisotopic (exact) mass is 179 g/mol. The maximum absolute atomic E-state index is 11.2. The molecule has 2 saturated carbocycles. The molecule has 3 aliphatic rings. The molecule has 1 amide bonds. The van der Waals surface area contributed by atoms with Crippen LogP contribution in [-0.4, -0.2) is 11.9 Å². The molecule has 0 aromatic carbocycles. The smallest absolute Gasteiger partial charge is 0.220 e. The Labute approximate surface area is 79.1 Å². The van der Waals surface area contributed by atoms with Crippen molar-refractivity contribution in [3.05, 3.63) is 0 Å². The summed E-state index contributed by atoms with van der Waals surface area (Å²) in [5.41, 5.74) is 0. The first kappa shape index (κ1) is 7.84. The molecule has 0 bridgehead atoms. The van der Waals surface area contributed by atoms with Crippen molar-refractivity contribution < 1.29 is 4.79 Å². The number of amides is 1. The van der Waals surface area contributed by atoms with Crippen LogP contribution in [0.4, 0.5) is 0 Å². The molecule has 0 radical (unpaired) electrons. The second-order valence-electron chi connectivity index (χ2n) is 5.06. The fourth-order valence-electron chi connectivity index (χ4n) is 3.71. The van der Waals surface area contributed by atoms with Crippen molar-refractivity contribution >= 4 is 5.91 Å². The molecule has 2 aliphatic carbocycles. The van der Waals surface area contributed by atoms with Crippen molar-refractivity contribution in [1.82, 2.24) is 5.32 Å². The van der Waals surface area contributed by atoms with Gasteiger partial charge in [-0.1, -0.05) is 19.3 Å². The highest BCUT2D eigenvalue weighted by Gasteiger charge is 2.43. The van der Waals surface area contributed by atoms with Crippen LogP contribution >= 0.6 is 0 Å². The number of hydrogen-bond donors (Lipinski definition) is 1. The van der Waals surface area contributed by atoms with Crippen LogP contribution in [0.3, 0.4) is 0 Å². The number of nitrogens with one attached hydrogen (secondary N) is 1. The fraction of sp³-hybridized carbons (Fsp3) is 0.909. The lowest BCUT2D eigenvalue weighted by atomic mass is 9.73. The minimum absolute atomic E-state index is 0.301. The van der Waals surface area contributed by atoms with E-state index in [1.54, 1.807) is 0 Å². The van der Waals surface area contributed by atoms with E-state index in [1.165, 1.54) is 32.1 Å². The minimum Gasteiger partial charge on any atom is -0.353 e. The number of carbonyl (C=O) groups excluding carboxylic acids is 1. The van der Waals surface area contributed by atoms with Crippen molar-refractivity contribution in [3.8, 4) is 0 Å². The first-order valence-electron chi connectivity index (χ1n) is 5.62. The van der Waals surface area contributed by atoms with Gasteiger partial charge < -0.3 is 5.32 Å². The quantitative estimate of drug-likeness (QED) is 0.602. The second kappa shape index (κ2) is 2.73. The Morgan fingerprint density at radius 1 is 1.08 bits per heavy atom. The molecule has 4 unspecified atom stereocenters. The summed E-state index contributed by atoms with van der Waals surface area (Å²) < 4.78 is 0. The van der Waals surface area contributed by atoms with Crippen LogP contribution in [-0.2, 0) is 4.79 Å². The lowest BCUT2D eigenvalue weighted by molar-refractivity contribution is -0.119. The van der Waals surface area contributed by atoms with Gasteiger partial charge in [0.25, 0.3) is 0 Å². The van der Waals surface area contributed by atoms with Crippen molar-refractivity contribution in [3.63, 3.8) is 0 Å². The first-order chi connectivity index (χ1) is 6.33. The molecule has 1 heterocycles. The summed E-state index contributed by atoms with van der Waals surface area (Å²) in [5, 5.41) is 3.13. The summed E-state index contributed by atoms with van der Waals surface area (Å²) in [6, 6.07) is 0.548. The SMILES string of the molecule is O=C1CC2CC3CCCC3CC2N1. The molecule has 72 valence electrons. The summed E-state index contributed by atoms with van der Waals surface area (Å²) in [5.74, 6) is 2.90. The molecule has 13 heavy (non-hydrogen) atoms. The summed E-state index contributed by atoms with van der Waals surface area (Å²) in [6.07, 6.45) is 7.71. The molecular formula is C11H17NO. The average molecular weight is 179 g/mol. The summed E-state index contributed by atoms with van der Waals surface area (Å²) in [7, 11) is 0. The van der Waals surface area contributed by atoms with Crippen molar-refractivity contribution in [2.24, 2.45) is 17.8 Å². The molecule has 1 N–H and O–H groups in total. The molecule has 2 nitrogen and oxygen atoms in total. The molecule has 2 heteroatoms. The van der Waals surface area contributed by atoms with E-state index < -0.39 is 0 Å². The summed E-state index contributed by atoms with van der Waals surface area (Å²) in [6.45, 7) is 0. The number of hydrogen-bond acceptors (Lipinski definition) is 1. The average Bonchev–Trinajstić information content (AvgIpc) is 2.63. The lowest BCUT2D eigenvalue weighted by Gasteiger charge is -2.33. The third kappa shape index (κ3) is 1.18. The van der Waals surface area contributed by atoms with E-state index in [2.05, 4.69) is 5.32 Å². The van der Waals surface area contributed by atoms with Crippen LogP contribution in [0, 0.1) is 17.8 Å². The zero-order chi connectivity index (χ0) is 8.84. The maximum Gasteiger partial charge on any atom is 0.220 e. The summed E-state index contributed by atoms with van der Waals surface area (Å²) >= 11 is 0. The van der Waals surface area contributed by atoms with Crippen molar-refractivity contribution in [2.75, 3.05) is 0 Å². The van der Waals surface area contributed by atoms with Gasteiger partial charge in [0.2, 0.25) is 5.91 Å². The Hall–Kier alpha value is -0.530. The van der Waals surface area contributed by atoms with Crippen LogP contribution < -0.4 is 5.32 Å². The summed E-state index contributed by atoms with van der Waals surface area (Å²) in [4.78, 5) is 11.2. The largest absolute Gasteiger partial charge is 0.353 e. The van der Waals surface area contributed by atoms with Crippen LogP contribution in [0.25, 0.3) is 0 Å². The second-order valence-corrected chi connectivity index (χ2v) is 5.06. The highest BCUT2D eigenvalue weighted by molar-refractivity contribution is 5.79. The first-order valence-corrected chi connectivity index (χ1v) is 5.62. The minimum atomic E-state index is 0.301. The zero-order valence-electron chi connectivity index (χ0n) is 7.96. The van der Waals surface area contributed by atoms with Gasteiger partial charge in [0.15, 0.2) is 0 Å². The van der Waals surface area contributed by atoms with Gasteiger partial charge in [0, 0.05) is 12.5 Å². The van der Waals surface area contributed by atoms with E-state index in [4.69, 9.17) is 0 Å². The van der Waals surface area contributed by atoms with Crippen LogP contribution in [0.5, 0.6) is 0 Å². The van der Waals surface area contributed by atoms with Gasteiger partial charge in [-0.05, 0) is 30.6 Å². The Balaban J connectivity index is 1.76.